The van der Waals surface area contributed by atoms with Gasteiger partial charge in [0.15, 0.2) is 5.82 Å². The number of ether oxygens (including phenoxy) is 1. The van der Waals surface area contributed by atoms with Gasteiger partial charge in [0, 0.05) is 19.2 Å². The van der Waals surface area contributed by atoms with Crippen LogP contribution < -0.4 is 0 Å². The third kappa shape index (κ3) is 2.65. The second kappa shape index (κ2) is 5.80. The molecular formula is C12H14ClN3O. The van der Waals surface area contributed by atoms with Crippen molar-refractivity contribution >= 4 is 11.6 Å². The summed E-state index contributed by atoms with van der Waals surface area (Å²) in [6.45, 7) is 1.32. The van der Waals surface area contributed by atoms with E-state index < -0.39 is 0 Å². The van der Waals surface area contributed by atoms with Crippen LogP contribution in [0.1, 0.15) is 5.82 Å². The van der Waals surface area contributed by atoms with Crippen LogP contribution in [0.5, 0.6) is 0 Å². The van der Waals surface area contributed by atoms with Gasteiger partial charge in [0.1, 0.15) is 5.82 Å². The molecule has 0 atom stereocenters. The Balaban J connectivity index is 2.36. The van der Waals surface area contributed by atoms with E-state index in [4.69, 9.17) is 16.3 Å². The molecule has 0 N–H and O–H groups in total. The lowest BCUT2D eigenvalue weighted by Crippen LogP contribution is -2.09. The number of methoxy groups -OCH3 is 1. The lowest BCUT2D eigenvalue weighted by Gasteiger charge is -2.08. The van der Waals surface area contributed by atoms with Crippen molar-refractivity contribution in [2.45, 2.75) is 12.4 Å². The van der Waals surface area contributed by atoms with Gasteiger partial charge >= 0.3 is 0 Å². The predicted molar refractivity (Wildman–Crippen MR) is 66.9 cm³/mol. The average Bonchev–Trinajstić information content (AvgIpc) is 2.80. The molecule has 17 heavy (non-hydrogen) atoms. The second-order valence-electron chi connectivity index (χ2n) is 3.58. The van der Waals surface area contributed by atoms with Gasteiger partial charge in [-0.2, -0.15) is 0 Å². The fourth-order valence-corrected chi connectivity index (χ4v) is 1.85. The second-order valence-corrected chi connectivity index (χ2v) is 3.85. The molecule has 1 aromatic heterocycles. The van der Waals surface area contributed by atoms with Crippen molar-refractivity contribution < 1.29 is 4.74 Å². The van der Waals surface area contributed by atoms with Crippen molar-refractivity contribution in [1.29, 1.82) is 0 Å². The van der Waals surface area contributed by atoms with E-state index in [2.05, 4.69) is 10.2 Å². The molecule has 0 unspecified atom stereocenters. The lowest BCUT2D eigenvalue weighted by atomic mass is 10.2. The Hall–Kier alpha value is -1.39. The molecule has 2 rings (SSSR count). The first kappa shape index (κ1) is 12.1. The molecule has 5 heteroatoms. The molecule has 0 saturated heterocycles. The number of rotatable bonds is 5. The molecule has 90 valence electrons. The largest absolute Gasteiger partial charge is 0.383 e. The van der Waals surface area contributed by atoms with Gasteiger partial charge in [-0.3, -0.25) is 0 Å². The van der Waals surface area contributed by atoms with E-state index in [1.165, 1.54) is 0 Å². The Bertz CT molecular complexity index is 470. The highest BCUT2D eigenvalue weighted by atomic mass is 35.5. The summed E-state index contributed by atoms with van der Waals surface area (Å²) in [6, 6.07) is 9.94. The fourth-order valence-electron chi connectivity index (χ4n) is 1.65. The van der Waals surface area contributed by atoms with Gasteiger partial charge in [0.25, 0.3) is 0 Å². The maximum Gasteiger partial charge on any atom is 0.164 e. The Labute approximate surface area is 105 Å². The summed E-state index contributed by atoms with van der Waals surface area (Å²) >= 11 is 5.85. The van der Waals surface area contributed by atoms with Gasteiger partial charge in [-0.1, -0.05) is 30.3 Å². The quantitative estimate of drug-likeness (QED) is 0.766. The molecule has 0 aliphatic rings. The summed E-state index contributed by atoms with van der Waals surface area (Å²) in [7, 11) is 1.67. The zero-order valence-electron chi connectivity index (χ0n) is 9.64. The van der Waals surface area contributed by atoms with Gasteiger partial charge in [0.2, 0.25) is 0 Å². The molecule has 0 bridgehead atoms. The normalized spacial score (nSPS) is 10.7. The minimum Gasteiger partial charge on any atom is -0.383 e. The smallest absolute Gasteiger partial charge is 0.164 e. The van der Waals surface area contributed by atoms with Crippen LogP contribution in [-0.2, 0) is 17.2 Å². The highest BCUT2D eigenvalue weighted by molar-refractivity contribution is 6.16. The van der Waals surface area contributed by atoms with Gasteiger partial charge in [-0.05, 0) is 0 Å². The minimum absolute atomic E-state index is 0.351. The van der Waals surface area contributed by atoms with Crippen molar-refractivity contribution in [1.82, 2.24) is 14.8 Å². The van der Waals surface area contributed by atoms with E-state index >= 15 is 0 Å². The van der Waals surface area contributed by atoms with E-state index in [9.17, 15) is 0 Å². The number of hydrogen-bond donors (Lipinski definition) is 0. The maximum atomic E-state index is 5.85. The molecule has 0 saturated carbocycles. The van der Waals surface area contributed by atoms with Crippen LogP contribution in [0.15, 0.2) is 30.3 Å². The van der Waals surface area contributed by atoms with Gasteiger partial charge < -0.3 is 9.30 Å². The number of alkyl halides is 1. The number of halogens is 1. The topological polar surface area (TPSA) is 39.9 Å². The monoisotopic (exact) mass is 251 g/mol. The van der Waals surface area contributed by atoms with E-state index in [0.29, 0.717) is 19.0 Å². The van der Waals surface area contributed by atoms with Crippen LogP contribution in [0.2, 0.25) is 0 Å². The predicted octanol–water partition coefficient (Wildman–Crippen LogP) is 2.33. The number of aromatic nitrogens is 3. The van der Waals surface area contributed by atoms with Crippen LogP contribution in [-0.4, -0.2) is 28.5 Å². The van der Waals surface area contributed by atoms with Crippen molar-refractivity contribution in [3.05, 3.63) is 36.2 Å². The molecule has 0 amide bonds. The standard InChI is InChI=1S/C12H14ClN3O/c1-17-8-7-16-11(9-13)14-15-12(16)10-5-3-2-4-6-10/h2-6H,7-9H2,1H3. The van der Waals surface area contributed by atoms with E-state index in [0.717, 1.165) is 17.2 Å². The molecule has 0 aliphatic carbocycles. The Morgan fingerprint density at radius 1 is 1.24 bits per heavy atom. The Kier molecular flexibility index (Phi) is 4.12. The first-order chi connectivity index (χ1) is 8.36. The van der Waals surface area contributed by atoms with Gasteiger partial charge in [-0.15, -0.1) is 21.8 Å². The molecule has 0 spiro atoms. The van der Waals surface area contributed by atoms with Gasteiger partial charge in [0.05, 0.1) is 12.5 Å². The van der Waals surface area contributed by atoms with E-state index in [1.807, 2.05) is 34.9 Å². The van der Waals surface area contributed by atoms with Crippen LogP contribution >= 0.6 is 11.6 Å². The van der Waals surface area contributed by atoms with Crippen LogP contribution in [0.25, 0.3) is 11.4 Å². The van der Waals surface area contributed by atoms with Crippen molar-refractivity contribution in [3.8, 4) is 11.4 Å². The fraction of sp³-hybridized carbons (Fsp3) is 0.333. The number of hydrogen-bond acceptors (Lipinski definition) is 3. The third-order valence-corrected chi connectivity index (χ3v) is 2.74. The van der Waals surface area contributed by atoms with Gasteiger partial charge in [-0.25, -0.2) is 0 Å². The Morgan fingerprint density at radius 3 is 2.65 bits per heavy atom. The molecule has 1 heterocycles. The maximum absolute atomic E-state index is 5.85. The molecule has 0 aliphatic heterocycles. The lowest BCUT2D eigenvalue weighted by molar-refractivity contribution is 0.187. The molecule has 2 aromatic rings. The first-order valence-electron chi connectivity index (χ1n) is 5.39. The third-order valence-electron chi connectivity index (χ3n) is 2.50. The van der Waals surface area contributed by atoms with Crippen molar-refractivity contribution in [3.63, 3.8) is 0 Å². The number of nitrogens with zero attached hydrogens (tertiary/aromatic N) is 3. The van der Waals surface area contributed by atoms with Crippen LogP contribution in [0.3, 0.4) is 0 Å². The molecule has 1 aromatic carbocycles. The Morgan fingerprint density at radius 2 is 2.00 bits per heavy atom. The van der Waals surface area contributed by atoms with E-state index in [1.54, 1.807) is 7.11 Å². The summed E-state index contributed by atoms with van der Waals surface area (Å²) in [5.41, 5.74) is 1.03. The molecule has 0 fully saturated rings. The molecule has 4 nitrogen and oxygen atoms in total. The summed E-state index contributed by atoms with van der Waals surface area (Å²) in [5.74, 6) is 1.95. The SMILES string of the molecule is COCCn1c(CCl)nnc1-c1ccccc1. The van der Waals surface area contributed by atoms with Crippen molar-refractivity contribution in [2.24, 2.45) is 0 Å². The zero-order chi connectivity index (χ0) is 12.1. The summed E-state index contributed by atoms with van der Waals surface area (Å²) in [4.78, 5) is 0. The highest BCUT2D eigenvalue weighted by Crippen LogP contribution is 2.18. The van der Waals surface area contributed by atoms with E-state index in [-0.39, 0.29) is 0 Å². The summed E-state index contributed by atoms with van der Waals surface area (Å²) < 4.78 is 7.08. The molecular weight excluding hydrogens is 238 g/mol. The number of benzene rings is 1. The van der Waals surface area contributed by atoms with Crippen LogP contribution in [0, 0.1) is 0 Å². The summed E-state index contributed by atoms with van der Waals surface area (Å²) in [6.07, 6.45) is 0. The highest BCUT2D eigenvalue weighted by Gasteiger charge is 2.12. The molecule has 0 radical (unpaired) electrons. The first-order valence-corrected chi connectivity index (χ1v) is 5.92. The minimum atomic E-state index is 0.351. The summed E-state index contributed by atoms with van der Waals surface area (Å²) in [5, 5.41) is 8.27. The van der Waals surface area contributed by atoms with Crippen molar-refractivity contribution in [2.75, 3.05) is 13.7 Å². The average molecular weight is 252 g/mol. The zero-order valence-corrected chi connectivity index (χ0v) is 10.4. The van der Waals surface area contributed by atoms with Crippen LogP contribution in [0.4, 0.5) is 0 Å².